The molecule has 0 radical (unpaired) electrons. The number of rotatable bonds is 6. The van der Waals surface area contributed by atoms with Crippen LogP contribution in [0.1, 0.15) is 29.4 Å². The van der Waals surface area contributed by atoms with Gasteiger partial charge in [0.25, 0.3) is 0 Å². The summed E-state index contributed by atoms with van der Waals surface area (Å²) >= 11 is 0. The number of benzene rings is 3. The number of aromatic amines is 2. The predicted octanol–water partition coefficient (Wildman–Crippen LogP) is 4.34. The molecule has 6 rings (SSSR count). The topological polar surface area (TPSA) is 124 Å². The first-order valence-electron chi connectivity index (χ1n) is 13.0. The Labute approximate surface area is 220 Å². The molecule has 8 heteroatoms. The highest BCUT2D eigenvalue weighted by molar-refractivity contribution is 5.94. The van der Waals surface area contributed by atoms with Gasteiger partial charge in [-0.15, -0.1) is 0 Å². The van der Waals surface area contributed by atoms with E-state index in [9.17, 15) is 9.90 Å². The summed E-state index contributed by atoms with van der Waals surface area (Å²) in [6.07, 6.45) is 2.03. The Morgan fingerprint density at radius 1 is 1.13 bits per heavy atom. The summed E-state index contributed by atoms with van der Waals surface area (Å²) in [5.41, 5.74) is 14.1. The number of nitrogens with one attached hydrogen (secondary N) is 2. The molecule has 3 heterocycles. The zero-order valence-corrected chi connectivity index (χ0v) is 21.2. The number of nitrogens with two attached hydrogens (primary N) is 1. The molecule has 0 aliphatic carbocycles. The molecule has 192 valence electrons. The van der Waals surface area contributed by atoms with Crippen LogP contribution < -0.4 is 5.73 Å². The second-order valence-corrected chi connectivity index (χ2v) is 9.84. The highest BCUT2D eigenvalue weighted by atomic mass is 16.3. The summed E-state index contributed by atoms with van der Waals surface area (Å²) in [6, 6.07) is 21.0. The molecule has 38 heavy (non-hydrogen) atoms. The van der Waals surface area contributed by atoms with Gasteiger partial charge in [0.15, 0.2) is 5.82 Å². The number of nitrogens with zero attached hydrogens (tertiary/aromatic N) is 3. The third kappa shape index (κ3) is 4.43. The normalized spacial score (nSPS) is 14.0. The van der Waals surface area contributed by atoms with Crippen molar-refractivity contribution in [2.45, 2.75) is 38.8 Å². The van der Waals surface area contributed by atoms with Crippen LogP contribution in [0.3, 0.4) is 0 Å². The van der Waals surface area contributed by atoms with Crippen molar-refractivity contribution in [2.75, 3.05) is 6.54 Å². The molecule has 5 N–H and O–H groups in total. The highest BCUT2D eigenvalue weighted by Crippen LogP contribution is 2.33. The van der Waals surface area contributed by atoms with E-state index in [4.69, 9.17) is 10.7 Å². The Balaban J connectivity index is 1.22. The Morgan fingerprint density at radius 3 is 2.79 bits per heavy atom. The number of aryl methyl sites for hydroxylation is 1. The van der Waals surface area contributed by atoms with Gasteiger partial charge in [0, 0.05) is 24.0 Å². The van der Waals surface area contributed by atoms with Crippen LogP contribution in [0.5, 0.6) is 5.75 Å². The van der Waals surface area contributed by atoms with E-state index in [1.165, 1.54) is 0 Å². The van der Waals surface area contributed by atoms with Crippen molar-refractivity contribution in [3.05, 3.63) is 89.2 Å². The maximum Gasteiger partial charge on any atom is 0.240 e. The van der Waals surface area contributed by atoms with Crippen LogP contribution >= 0.6 is 0 Å². The number of imidazole rings is 1. The van der Waals surface area contributed by atoms with Gasteiger partial charge in [0.1, 0.15) is 11.4 Å². The number of phenols is 1. The van der Waals surface area contributed by atoms with E-state index in [0.29, 0.717) is 31.8 Å². The summed E-state index contributed by atoms with van der Waals surface area (Å²) in [6.45, 7) is 3.11. The quantitative estimate of drug-likeness (QED) is 0.273. The molecule has 0 unspecified atom stereocenters. The van der Waals surface area contributed by atoms with E-state index < -0.39 is 6.04 Å². The first kappa shape index (κ1) is 23.9. The van der Waals surface area contributed by atoms with Crippen molar-refractivity contribution in [1.29, 1.82) is 0 Å². The zero-order valence-electron chi connectivity index (χ0n) is 21.2. The second kappa shape index (κ2) is 9.79. The van der Waals surface area contributed by atoms with Crippen LogP contribution in [0.15, 0.2) is 66.7 Å². The average Bonchev–Trinajstić information content (AvgIpc) is 3.56. The smallest absolute Gasteiger partial charge is 0.240 e. The van der Waals surface area contributed by atoms with Crippen molar-refractivity contribution in [3.63, 3.8) is 0 Å². The van der Waals surface area contributed by atoms with Gasteiger partial charge in [-0.05, 0) is 59.4 Å². The summed E-state index contributed by atoms with van der Waals surface area (Å²) in [5.74, 6) is 0.911. The van der Waals surface area contributed by atoms with Crippen molar-refractivity contribution < 1.29 is 9.90 Å². The van der Waals surface area contributed by atoms with Crippen molar-refractivity contribution >= 4 is 16.8 Å². The Morgan fingerprint density at radius 2 is 1.97 bits per heavy atom. The lowest BCUT2D eigenvalue weighted by atomic mass is 9.97. The Hall–Kier alpha value is -4.43. The third-order valence-corrected chi connectivity index (χ3v) is 7.33. The fourth-order valence-corrected chi connectivity index (χ4v) is 5.30. The van der Waals surface area contributed by atoms with Crippen molar-refractivity contribution in [2.24, 2.45) is 5.73 Å². The molecule has 1 amide bonds. The number of carbonyl (C=O) groups excluding carboxylic acids is 1. The number of amides is 1. The minimum atomic E-state index is -0.580. The maximum absolute atomic E-state index is 13.1. The monoisotopic (exact) mass is 506 g/mol. The van der Waals surface area contributed by atoms with Gasteiger partial charge in [0.05, 0.1) is 23.8 Å². The summed E-state index contributed by atoms with van der Waals surface area (Å²) in [7, 11) is 0. The lowest BCUT2D eigenvalue weighted by Gasteiger charge is -2.28. The van der Waals surface area contributed by atoms with Gasteiger partial charge in [-0.1, -0.05) is 49.4 Å². The fourth-order valence-electron chi connectivity index (χ4n) is 5.30. The molecule has 1 atom stereocenters. The summed E-state index contributed by atoms with van der Waals surface area (Å²) in [4.78, 5) is 23.1. The minimum absolute atomic E-state index is 0.0533. The molecule has 0 fully saturated rings. The molecular formula is C30H30N6O2. The van der Waals surface area contributed by atoms with Gasteiger partial charge in [0.2, 0.25) is 5.91 Å². The molecule has 1 aliphatic heterocycles. The van der Waals surface area contributed by atoms with Gasteiger partial charge >= 0.3 is 0 Å². The zero-order chi connectivity index (χ0) is 26.2. The van der Waals surface area contributed by atoms with Crippen LogP contribution in [0.25, 0.3) is 33.5 Å². The SMILES string of the molecule is CCc1cc(O)ccc1-c1ccc2c(-c3nc4c([nH]3)CCN(C(=O)[C@@H](N)Cc3ccccc3)C4)n[nH]c2c1. The van der Waals surface area contributed by atoms with Gasteiger partial charge in [-0.2, -0.15) is 5.10 Å². The van der Waals surface area contributed by atoms with E-state index in [1.807, 2.05) is 42.5 Å². The van der Waals surface area contributed by atoms with E-state index in [-0.39, 0.29) is 11.7 Å². The number of phenolic OH excluding ortho intramolecular Hbond substituents is 1. The van der Waals surface area contributed by atoms with Crippen LogP contribution in [-0.4, -0.2) is 48.7 Å². The Bertz CT molecular complexity index is 1620. The largest absolute Gasteiger partial charge is 0.508 e. The Kier molecular flexibility index (Phi) is 6.17. The molecule has 5 aromatic rings. The standard InChI is InChI=1S/C30H30N6O2/c1-2-19-15-21(37)9-11-22(19)20-8-10-23-26(16-20)34-35-28(23)29-32-25-12-13-36(17-27(25)33-29)30(38)24(31)14-18-6-4-3-5-7-18/h3-11,15-16,24,37H,2,12-14,17,31H2,1H3,(H,32,33)(H,34,35)/t24-/m0/s1. The molecule has 0 saturated carbocycles. The fraction of sp³-hybridized carbons (Fsp3) is 0.233. The summed E-state index contributed by atoms with van der Waals surface area (Å²) in [5, 5.41) is 18.6. The molecule has 0 bridgehead atoms. The van der Waals surface area contributed by atoms with E-state index in [1.54, 1.807) is 11.0 Å². The molecular weight excluding hydrogens is 476 g/mol. The predicted molar refractivity (Wildman–Crippen MR) is 147 cm³/mol. The number of carbonyl (C=O) groups is 1. The molecule has 2 aromatic heterocycles. The highest BCUT2D eigenvalue weighted by Gasteiger charge is 2.28. The first-order valence-corrected chi connectivity index (χ1v) is 13.0. The van der Waals surface area contributed by atoms with Crippen LogP contribution in [-0.2, 0) is 30.6 Å². The number of fused-ring (bicyclic) bond motifs is 2. The average molecular weight is 507 g/mol. The van der Waals surface area contributed by atoms with Crippen molar-refractivity contribution in [1.82, 2.24) is 25.1 Å². The number of hydrogen-bond acceptors (Lipinski definition) is 5. The van der Waals surface area contributed by atoms with E-state index >= 15 is 0 Å². The van der Waals surface area contributed by atoms with Crippen molar-refractivity contribution in [3.8, 4) is 28.4 Å². The van der Waals surface area contributed by atoms with Crippen LogP contribution in [0.2, 0.25) is 0 Å². The van der Waals surface area contributed by atoms with Gasteiger partial charge in [-0.25, -0.2) is 4.98 Å². The third-order valence-electron chi connectivity index (χ3n) is 7.33. The maximum atomic E-state index is 13.1. The first-order chi connectivity index (χ1) is 18.5. The second-order valence-electron chi connectivity index (χ2n) is 9.84. The lowest BCUT2D eigenvalue weighted by molar-refractivity contribution is -0.133. The molecule has 0 saturated heterocycles. The molecule has 3 aromatic carbocycles. The number of aromatic hydroxyl groups is 1. The number of H-pyrrole nitrogens is 2. The number of hydrogen-bond donors (Lipinski definition) is 4. The molecule has 8 nitrogen and oxygen atoms in total. The van der Waals surface area contributed by atoms with E-state index in [2.05, 4.69) is 40.3 Å². The van der Waals surface area contributed by atoms with Gasteiger partial charge < -0.3 is 20.7 Å². The summed E-state index contributed by atoms with van der Waals surface area (Å²) < 4.78 is 0. The minimum Gasteiger partial charge on any atom is -0.508 e. The number of aromatic nitrogens is 4. The lowest BCUT2D eigenvalue weighted by Crippen LogP contribution is -2.46. The molecule has 1 aliphatic rings. The molecule has 0 spiro atoms. The van der Waals surface area contributed by atoms with Crippen LogP contribution in [0, 0.1) is 0 Å². The van der Waals surface area contributed by atoms with Crippen LogP contribution in [0.4, 0.5) is 0 Å². The van der Waals surface area contributed by atoms with Gasteiger partial charge in [-0.3, -0.25) is 9.89 Å². The van der Waals surface area contributed by atoms with E-state index in [0.717, 1.165) is 56.7 Å².